The summed E-state index contributed by atoms with van der Waals surface area (Å²) in [6.07, 6.45) is 6.29. The molecule has 1 saturated carbocycles. The highest BCUT2D eigenvalue weighted by molar-refractivity contribution is 5.90. The van der Waals surface area contributed by atoms with Gasteiger partial charge in [0.1, 0.15) is 12.2 Å². The standard InChI is InChI=1S/C18H31FN4O2/c1-22-15(10-17(24)23(22)2)18(25)21-16-7-6-13(11-20-16)8-12-4-3-5-14(19)9-12/h12-16,20H,3-11H2,1-2H3,(H,21,25). The van der Waals surface area contributed by atoms with Crippen LogP contribution < -0.4 is 10.6 Å². The van der Waals surface area contributed by atoms with Gasteiger partial charge in [0.2, 0.25) is 11.8 Å². The summed E-state index contributed by atoms with van der Waals surface area (Å²) in [5.74, 6) is 0.974. The third kappa shape index (κ3) is 4.50. The summed E-state index contributed by atoms with van der Waals surface area (Å²) in [5, 5.41) is 9.64. The fourth-order valence-corrected chi connectivity index (χ4v) is 4.50. The molecule has 3 aliphatic rings. The lowest BCUT2D eigenvalue weighted by molar-refractivity contribution is -0.136. The zero-order valence-corrected chi connectivity index (χ0v) is 15.3. The number of nitrogens with zero attached hydrogens (tertiary/aromatic N) is 2. The van der Waals surface area contributed by atoms with E-state index in [1.807, 2.05) is 0 Å². The summed E-state index contributed by atoms with van der Waals surface area (Å²) in [5.41, 5.74) is 0. The van der Waals surface area contributed by atoms with Crippen LogP contribution in [0.2, 0.25) is 0 Å². The largest absolute Gasteiger partial charge is 0.339 e. The second-order valence-electron chi connectivity index (χ2n) is 7.99. The Hall–Kier alpha value is -1.21. The number of alkyl halides is 1. The molecule has 2 amide bonds. The summed E-state index contributed by atoms with van der Waals surface area (Å²) in [6.45, 7) is 0.873. The Morgan fingerprint density at radius 1 is 1.24 bits per heavy atom. The molecule has 0 aromatic heterocycles. The quantitative estimate of drug-likeness (QED) is 0.802. The van der Waals surface area contributed by atoms with E-state index in [0.717, 1.165) is 51.5 Å². The van der Waals surface area contributed by atoms with Crippen LogP contribution in [0.25, 0.3) is 0 Å². The van der Waals surface area contributed by atoms with E-state index in [-0.39, 0.29) is 24.4 Å². The van der Waals surface area contributed by atoms with Crippen LogP contribution in [-0.4, -0.2) is 60.9 Å². The molecular formula is C18H31FN4O2. The van der Waals surface area contributed by atoms with Gasteiger partial charge in [0, 0.05) is 14.1 Å². The second-order valence-corrected chi connectivity index (χ2v) is 7.99. The summed E-state index contributed by atoms with van der Waals surface area (Å²) >= 11 is 0. The molecule has 0 radical (unpaired) electrons. The average molecular weight is 354 g/mol. The van der Waals surface area contributed by atoms with Gasteiger partial charge < -0.3 is 5.32 Å². The molecule has 5 atom stereocenters. The lowest BCUT2D eigenvalue weighted by atomic mass is 9.80. The molecule has 3 rings (SSSR count). The highest BCUT2D eigenvalue weighted by atomic mass is 19.1. The van der Waals surface area contributed by atoms with E-state index in [1.165, 1.54) is 5.01 Å². The summed E-state index contributed by atoms with van der Waals surface area (Å²) in [7, 11) is 3.45. The highest BCUT2D eigenvalue weighted by Crippen LogP contribution is 2.33. The first-order chi connectivity index (χ1) is 11.9. The maximum Gasteiger partial charge on any atom is 0.240 e. The van der Waals surface area contributed by atoms with Crippen LogP contribution in [0.15, 0.2) is 0 Å². The molecule has 3 fully saturated rings. The zero-order chi connectivity index (χ0) is 18.0. The first-order valence-corrected chi connectivity index (χ1v) is 9.61. The van der Waals surface area contributed by atoms with Crippen molar-refractivity contribution >= 4 is 11.8 Å². The number of rotatable bonds is 4. The summed E-state index contributed by atoms with van der Waals surface area (Å²) in [6, 6.07) is -0.416. The van der Waals surface area contributed by atoms with Gasteiger partial charge in [0.05, 0.1) is 12.6 Å². The van der Waals surface area contributed by atoms with Crippen molar-refractivity contribution < 1.29 is 14.0 Å². The van der Waals surface area contributed by atoms with Crippen molar-refractivity contribution in [2.24, 2.45) is 11.8 Å². The van der Waals surface area contributed by atoms with E-state index in [9.17, 15) is 14.0 Å². The van der Waals surface area contributed by atoms with Crippen molar-refractivity contribution in [1.82, 2.24) is 20.7 Å². The molecular weight excluding hydrogens is 323 g/mol. The van der Waals surface area contributed by atoms with Gasteiger partial charge in [-0.15, -0.1) is 0 Å². The number of hydrogen-bond donors (Lipinski definition) is 2. The SMILES string of the molecule is CN1C(=O)CC(C(=O)NC2CCC(CC3CCCC(F)C3)CN2)N1C. The van der Waals surface area contributed by atoms with Crippen LogP contribution in [0.4, 0.5) is 4.39 Å². The molecule has 0 spiro atoms. The number of halogens is 1. The van der Waals surface area contributed by atoms with Gasteiger partial charge in [-0.1, -0.05) is 12.8 Å². The first-order valence-electron chi connectivity index (χ1n) is 9.61. The molecule has 25 heavy (non-hydrogen) atoms. The maximum absolute atomic E-state index is 13.5. The molecule has 0 bridgehead atoms. The number of carbonyl (C=O) groups excluding carboxylic acids is 2. The van der Waals surface area contributed by atoms with Crippen molar-refractivity contribution in [3.8, 4) is 0 Å². The Kier molecular flexibility index (Phi) is 5.94. The number of amides is 2. The third-order valence-corrected chi connectivity index (χ3v) is 6.17. The van der Waals surface area contributed by atoms with Crippen molar-refractivity contribution in [2.45, 2.75) is 69.7 Å². The predicted molar refractivity (Wildman–Crippen MR) is 93.1 cm³/mol. The number of hydrogen-bond acceptors (Lipinski definition) is 4. The Labute approximate surface area is 149 Å². The molecule has 0 aromatic carbocycles. The minimum Gasteiger partial charge on any atom is -0.339 e. The molecule has 7 heteroatoms. The smallest absolute Gasteiger partial charge is 0.240 e. The number of hydrazine groups is 1. The van der Waals surface area contributed by atoms with Crippen LogP contribution in [0.1, 0.15) is 51.4 Å². The van der Waals surface area contributed by atoms with Crippen molar-refractivity contribution in [3.63, 3.8) is 0 Å². The van der Waals surface area contributed by atoms with Gasteiger partial charge in [0.15, 0.2) is 0 Å². The van der Waals surface area contributed by atoms with Gasteiger partial charge in [-0.05, 0) is 50.5 Å². The van der Waals surface area contributed by atoms with Crippen LogP contribution >= 0.6 is 0 Å². The number of piperidine rings is 1. The molecule has 2 N–H and O–H groups in total. The van der Waals surface area contributed by atoms with Crippen LogP contribution in [0, 0.1) is 11.8 Å². The van der Waals surface area contributed by atoms with Gasteiger partial charge in [-0.2, -0.15) is 0 Å². The second kappa shape index (κ2) is 7.99. The molecule has 0 aromatic rings. The molecule has 5 unspecified atom stereocenters. The monoisotopic (exact) mass is 354 g/mol. The number of carbonyl (C=O) groups is 2. The van der Waals surface area contributed by atoms with Gasteiger partial charge in [-0.3, -0.25) is 19.9 Å². The van der Waals surface area contributed by atoms with E-state index in [2.05, 4.69) is 10.6 Å². The Bertz CT molecular complexity index is 495. The first kappa shape index (κ1) is 18.6. The molecule has 1 aliphatic carbocycles. The minimum atomic E-state index is -0.605. The minimum absolute atomic E-state index is 0.0292. The normalized spacial score (nSPS) is 37.3. The van der Waals surface area contributed by atoms with Gasteiger partial charge in [-0.25, -0.2) is 9.40 Å². The molecule has 2 saturated heterocycles. The Morgan fingerprint density at radius 3 is 2.64 bits per heavy atom. The van der Waals surface area contributed by atoms with Crippen LogP contribution in [-0.2, 0) is 9.59 Å². The van der Waals surface area contributed by atoms with Gasteiger partial charge >= 0.3 is 0 Å². The topological polar surface area (TPSA) is 64.7 Å². The van der Waals surface area contributed by atoms with E-state index < -0.39 is 12.2 Å². The third-order valence-electron chi connectivity index (χ3n) is 6.17. The Morgan fingerprint density at radius 2 is 2.04 bits per heavy atom. The van der Waals surface area contributed by atoms with E-state index >= 15 is 0 Å². The van der Waals surface area contributed by atoms with E-state index in [4.69, 9.17) is 0 Å². The molecule has 2 heterocycles. The fourth-order valence-electron chi connectivity index (χ4n) is 4.50. The van der Waals surface area contributed by atoms with Crippen molar-refractivity contribution in [3.05, 3.63) is 0 Å². The predicted octanol–water partition coefficient (Wildman–Crippen LogP) is 1.42. The van der Waals surface area contributed by atoms with Crippen molar-refractivity contribution in [1.29, 1.82) is 0 Å². The van der Waals surface area contributed by atoms with E-state index in [0.29, 0.717) is 11.8 Å². The Balaban J connectivity index is 1.40. The van der Waals surface area contributed by atoms with Gasteiger partial charge in [0.25, 0.3) is 0 Å². The summed E-state index contributed by atoms with van der Waals surface area (Å²) in [4.78, 5) is 24.1. The van der Waals surface area contributed by atoms with Crippen molar-refractivity contribution in [2.75, 3.05) is 20.6 Å². The molecule has 6 nitrogen and oxygen atoms in total. The zero-order valence-electron chi connectivity index (χ0n) is 15.3. The molecule has 142 valence electrons. The van der Waals surface area contributed by atoms with Crippen LogP contribution in [0.5, 0.6) is 0 Å². The van der Waals surface area contributed by atoms with Crippen LogP contribution in [0.3, 0.4) is 0 Å². The number of nitrogens with one attached hydrogen (secondary N) is 2. The molecule has 2 aliphatic heterocycles. The highest BCUT2D eigenvalue weighted by Gasteiger charge is 2.38. The fraction of sp³-hybridized carbons (Fsp3) is 0.889. The maximum atomic E-state index is 13.5. The number of likely N-dealkylation sites (N-methyl/N-ethyl adjacent to an activating group) is 1. The van der Waals surface area contributed by atoms with E-state index in [1.54, 1.807) is 19.1 Å². The summed E-state index contributed by atoms with van der Waals surface area (Å²) < 4.78 is 13.5. The lowest BCUT2D eigenvalue weighted by Crippen LogP contribution is -2.54. The lowest BCUT2D eigenvalue weighted by Gasteiger charge is -2.34. The average Bonchev–Trinajstić information content (AvgIpc) is 2.84.